The zero-order valence-electron chi connectivity index (χ0n) is 16.0. The van der Waals surface area contributed by atoms with E-state index in [2.05, 4.69) is 25.6 Å². The highest BCUT2D eigenvalue weighted by atomic mass is 35.5. The zero-order chi connectivity index (χ0) is 20.5. The van der Waals surface area contributed by atoms with Crippen LogP contribution in [0.2, 0.25) is 10.4 Å². The van der Waals surface area contributed by atoms with E-state index >= 15 is 0 Å². The summed E-state index contributed by atoms with van der Waals surface area (Å²) >= 11 is 12.1. The Hall–Kier alpha value is -1.68. The Morgan fingerprint density at radius 3 is 2.75 bits per heavy atom. The summed E-state index contributed by atoms with van der Waals surface area (Å²) in [5.74, 6) is -0.896. The average molecular weight is 432 g/mol. The first-order chi connectivity index (χ1) is 13.3. The van der Waals surface area contributed by atoms with Crippen LogP contribution in [0.4, 0.5) is 11.5 Å². The number of carbonyl (C=O) groups is 1. The van der Waals surface area contributed by atoms with Crippen LogP contribution in [-0.4, -0.2) is 60.0 Å². The minimum absolute atomic E-state index is 0.0254. The number of hydrogen-bond acceptors (Lipinski definition) is 8. The number of aromatic nitrogens is 2. The second kappa shape index (κ2) is 8.36. The van der Waals surface area contributed by atoms with Gasteiger partial charge < -0.3 is 24.8 Å². The molecule has 11 heteroatoms. The summed E-state index contributed by atoms with van der Waals surface area (Å²) in [6.07, 6.45) is 0.980. The first-order valence-corrected chi connectivity index (χ1v) is 9.69. The topological polar surface area (TPSA) is 107 Å². The molecule has 1 aromatic heterocycles. The van der Waals surface area contributed by atoms with E-state index in [0.717, 1.165) is 0 Å². The summed E-state index contributed by atoms with van der Waals surface area (Å²) in [7, 11) is 1.46. The summed E-state index contributed by atoms with van der Waals surface area (Å²) in [5.41, 5.74) is 0.282. The van der Waals surface area contributed by atoms with Crippen LogP contribution in [0.15, 0.2) is 4.99 Å². The van der Waals surface area contributed by atoms with Crippen molar-refractivity contribution in [3.05, 3.63) is 10.4 Å². The smallest absolute Gasteiger partial charge is 0.225 e. The van der Waals surface area contributed by atoms with Crippen LogP contribution < -0.4 is 10.6 Å². The number of nitrogens with one attached hydrogen (secondary N) is 2. The molecule has 154 valence electrons. The van der Waals surface area contributed by atoms with Gasteiger partial charge in [0.05, 0.1) is 19.1 Å². The monoisotopic (exact) mass is 431 g/mol. The number of fused-ring (bicyclic) bond motifs is 1. The summed E-state index contributed by atoms with van der Waals surface area (Å²) in [4.78, 5) is 24.8. The van der Waals surface area contributed by atoms with Crippen molar-refractivity contribution in [3.8, 4) is 0 Å². The van der Waals surface area contributed by atoms with Crippen LogP contribution >= 0.6 is 23.2 Å². The average Bonchev–Trinajstić information content (AvgIpc) is 3.08. The third-order valence-corrected chi connectivity index (χ3v) is 5.01. The SMILES string of the molecule is CCNC(=O)[C@H]1C[C@@H](Nc2nc(Cl)nc(Cl)c2N=COC)[C@@H]2OC(C)(C)O[C@@H]21. The number of amides is 1. The first kappa shape index (κ1) is 21.0. The van der Waals surface area contributed by atoms with Crippen LogP contribution in [-0.2, 0) is 19.0 Å². The number of aliphatic imine (C=N–C) groups is 1. The van der Waals surface area contributed by atoms with E-state index in [9.17, 15) is 4.79 Å². The van der Waals surface area contributed by atoms with E-state index in [1.807, 2.05) is 20.8 Å². The van der Waals surface area contributed by atoms with Crippen LogP contribution in [0, 0.1) is 5.92 Å². The molecule has 0 spiro atoms. The zero-order valence-corrected chi connectivity index (χ0v) is 17.5. The van der Waals surface area contributed by atoms with Gasteiger partial charge in [-0.25, -0.2) is 9.98 Å². The van der Waals surface area contributed by atoms with E-state index in [1.165, 1.54) is 13.5 Å². The van der Waals surface area contributed by atoms with Crippen LogP contribution in [0.1, 0.15) is 27.2 Å². The van der Waals surface area contributed by atoms with Gasteiger partial charge in [-0.1, -0.05) is 11.6 Å². The van der Waals surface area contributed by atoms with Crippen molar-refractivity contribution < 1.29 is 19.0 Å². The minimum Gasteiger partial charge on any atom is -0.486 e. The lowest BCUT2D eigenvalue weighted by atomic mass is 10.0. The van der Waals surface area contributed by atoms with Gasteiger partial charge in [-0.05, 0) is 38.8 Å². The summed E-state index contributed by atoms with van der Waals surface area (Å²) in [5, 5.41) is 6.17. The molecule has 1 saturated heterocycles. The fourth-order valence-electron chi connectivity index (χ4n) is 3.58. The molecule has 2 aliphatic rings. The minimum atomic E-state index is -0.793. The Kier molecular flexibility index (Phi) is 6.28. The molecule has 4 atom stereocenters. The van der Waals surface area contributed by atoms with Crippen molar-refractivity contribution in [2.45, 2.75) is 51.2 Å². The largest absolute Gasteiger partial charge is 0.486 e. The lowest BCUT2D eigenvalue weighted by Gasteiger charge is -2.24. The molecule has 2 N–H and O–H groups in total. The Labute approximate surface area is 173 Å². The molecule has 2 fully saturated rings. The Balaban J connectivity index is 1.90. The van der Waals surface area contributed by atoms with Gasteiger partial charge in [0.1, 0.15) is 17.9 Å². The van der Waals surface area contributed by atoms with E-state index in [1.54, 1.807) is 0 Å². The number of rotatable bonds is 6. The van der Waals surface area contributed by atoms with Gasteiger partial charge >= 0.3 is 0 Å². The molecule has 1 aromatic rings. The Morgan fingerprint density at radius 2 is 2.07 bits per heavy atom. The molecule has 0 bridgehead atoms. The third kappa shape index (κ3) is 4.32. The number of hydrogen-bond donors (Lipinski definition) is 2. The molecule has 0 aromatic carbocycles. The molecule has 1 aliphatic heterocycles. The third-order valence-electron chi connectivity index (χ3n) is 4.58. The molecule has 1 amide bonds. The van der Waals surface area contributed by atoms with Crippen LogP contribution in [0.5, 0.6) is 0 Å². The summed E-state index contributed by atoms with van der Waals surface area (Å²) in [6, 6.07) is -0.266. The number of methoxy groups -OCH3 is 1. The maximum Gasteiger partial charge on any atom is 0.225 e. The summed E-state index contributed by atoms with van der Waals surface area (Å²) in [6.45, 7) is 6.07. The fourth-order valence-corrected chi connectivity index (χ4v) is 4.01. The lowest BCUT2D eigenvalue weighted by molar-refractivity contribution is -0.160. The number of ether oxygens (including phenoxy) is 3. The number of anilines is 1. The standard InChI is InChI=1S/C17H23Cl2N5O4/c1-5-20-15(25)8-6-9(12-11(8)27-17(2,3)28-12)22-14-10(21-7-26-4)13(18)23-16(19)24-14/h7-9,11-12H,5-6H2,1-4H3,(H,20,25)(H,22,23,24)/t8-,9+,11+,12-/m0/s1. The molecular formula is C17H23Cl2N5O4. The predicted molar refractivity (Wildman–Crippen MR) is 105 cm³/mol. The molecule has 9 nitrogen and oxygen atoms in total. The maximum atomic E-state index is 12.5. The van der Waals surface area contributed by atoms with Gasteiger partial charge in [-0.2, -0.15) is 4.98 Å². The fraction of sp³-hybridized carbons (Fsp3) is 0.647. The highest BCUT2D eigenvalue weighted by molar-refractivity contribution is 6.34. The number of carbonyl (C=O) groups excluding carboxylic acids is 1. The molecule has 2 heterocycles. The predicted octanol–water partition coefficient (Wildman–Crippen LogP) is 2.55. The van der Waals surface area contributed by atoms with Gasteiger partial charge in [0, 0.05) is 6.54 Å². The van der Waals surface area contributed by atoms with Crippen LogP contribution in [0.3, 0.4) is 0 Å². The Morgan fingerprint density at radius 1 is 1.36 bits per heavy atom. The number of halogens is 2. The van der Waals surface area contributed by atoms with E-state index in [0.29, 0.717) is 18.8 Å². The second-order valence-corrected chi connectivity index (χ2v) is 7.70. The van der Waals surface area contributed by atoms with Gasteiger partial charge in [-0.15, -0.1) is 0 Å². The molecule has 0 radical (unpaired) electrons. The highest BCUT2D eigenvalue weighted by Gasteiger charge is 2.56. The van der Waals surface area contributed by atoms with Gasteiger partial charge in [-0.3, -0.25) is 4.79 Å². The molecular weight excluding hydrogens is 409 g/mol. The van der Waals surface area contributed by atoms with Crippen molar-refractivity contribution in [3.63, 3.8) is 0 Å². The number of nitrogens with zero attached hydrogens (tertiary/aromatic N) is 3. The van der Waals surface area contributed by atoms with Gasteiger partial charge in [0.15, 0.2) is 23.2 Å². The molecule has 1 aliphatic carbocycles. The maximum absolute atomic E-state index is 12.5. The molecule has 1 saturated carbocycles. The van der Waals surface area contributed by atoms with Crippen molar-refractivity contribution in [1.29, 1.82) is 0 Å². The van der Waals surface area contributed by atoms with Crippen molar-refractivity contribution >= 4 is 47.0 Å². The van der Waals surface area contributed by atoms with Crippen molar-refractivity contribution in [2.75, 3.05) is 19.0 Å². The van der Waals surface area contributed by atoms with E-state index in [-0.39, 0.29) is 46.2 Å². The summed E-state index contributed by atoms with van der Waals surface area (Å²) < 4.78 is 16.9. The van der Waals surface area contributed by atoms with Crippen molar-refractivity contribution in [1.82, 2.24) is 15.3 Å². The second-order valence-electron chi connectivity index (χ2n) is 7.00. The van der Waals surface area contributed by atoms with E-state index in [4.69, 9.17) is 37.4 Å². The highest BCUT2D eigenvalue weighted by Crippen LogP contribution is 2.43. The van der Waals surface area contributed by atoms with Crippen molar-refractivity contribution in [2.24, 2.45) is 10.9 Å². The van der Waals surface area contributed by atoms with Gasteiger partial charge in [0.25, 0.3) is 0 Å². The molecule has 28 heavy (non-hydrogen) atoms. The first-order valence-electron chi connectivity index (χ1n) is 8.94. The normalized spacial score (nSPS) is 28.4. The quantitative estimate of drug-likeness (QED) is 0.308. The van der Waals surface area contributed by atoms with E-state index < -0.39 is 5.79 Å². The molecule has 0 unspecified atom stereocenters. The lowest BCUT2D eigenvalue weighted by Crippen LogP contribution is -2.37. The molecule has 3 rings (SSSR count). The Bertz CT molecular complexity index is 776. The van der Waals surface area contributed by atoms with Gasteiger partial charge in [0.2, 0.25) is 11.2 Å². The van der Waals surface area contributed by atoms with Crippen LogP contribution in [0.25, 0.3) is 0 Å².